The number of aromatic nitrogens is 1. The van der Waals surface area contributed by atoms with Gasteiger partial charge in [-0.3, -0.25) is 0 Å². The summed E-state index contributed by atoms with van der Waals surface area (Å²) in [6, 6.07) is 6.69. The molecule has 16 heavy (non-hydrogen) atoms. The topological polar surface area (TPSA) is 85.2 Å². The van der Waals surface area contributed by atoms with E-state index >= 15 is 0 Å². The van der Waals surface area contributed by atoms with Crippen molar-refractivity contribution in [1.82, 2.24) is 4.98 Å². The molecule has 5 N–H and O–H groups in total. The van der Waals surface area contributed by atoms with Gasteiger partial charge < -0.3 is 16.6 Å². The largest absolute Gasteiger partial charge is 0.508 e. The van der Waals surface area contributed by atoms with Crippen LogP contribution in [0.3, 0.4) is 0 Å². The van der Waals surface area contributed by atoms with Crippen molar-refractivity contribution in [2.75, 3.05) is 11.5 Å². The molecule has 2 aromatic rings. The molecule has 1 aromatic heterocycles. The molecule has 0 amide bonds. The second-order valence-electron chi connectivity index (χ2n) is 3.07. The molecular weight excluding hydrogens is 222 g/mol. The summed E-state index contributed by atoms with van der Waals surface area (Å²) < 4.78 is 0. The van der Waals surface area contributed by atoms with Gasteiger partial charge in [0.25, 0.3) is 0 Å². The molecule has 0 bridgehead atoms. The highest BCUT2D eigenvalue weighted by atomic mass is 32.1. The number of anilines is 2. The quantitative estimate of drug-likeness (QED) is 0.598. The van der Waals surface area contributed by atoms with Gasteiger partial charge in [0, 0.05) is 5.56 Å². The Morgan fingerprint density at radius 2 is 2.06 bits per heavy atom. The van der Waals surface area contributed by atoms with E-state index in [2.05, 4.69) is 16.8 Å². The van der Waals surface area contributed by atoms with E-state index in [1.165, 1.54) is 11.3 Å². The van der Waals surface area contributed by atoms with Crippen LogP contribution in [0.5, 0.6) is 5.75 Å². The first-order valence-electron chi connectivity index (χ1n) is 4.48. The Labute approximate surface area is 96.6 Å². The zero-order valence-corrected chi connectivity index (χ0v) is 9.08. The van der Waals surface area contributed by atoms with Gasteiger partial charge in [-0.05, 0) is 24.1 Å². The molecule has 1 aromatic carbocycles. The van der Waals surface area contributed by atoms with E-state index in [1.54, 1.807) is 24.3 Å². The average Bonchev–Trinajstić information content (AvgIpc) is 2.54. The van der Waals surface area contributed by atoms with E-state index in [0.29, 0.717) is 21.4 Å². The average molecular weight is 231 g/mol. The van der Waals surface area contributed by atoms with Crippen molar-refractivity contribution >= 4 is 22.3 Å². The fraction of sp³-hybridized carbons (Fsp3) is 0. The maximum absolute atomic E-state index is 9.25. The highest BCUT2D eigenvalue weighted by molar-refractivity contribution is 7.16. The normalized spacial score (nSPS) is 9.50. The summed E-state index contributed by atoms with van der Waals surface area (Å²) in [5.74, 6) is 6.27. The summed E-state index contributed by atoms with van der Waals surface area (Å²) in [5, 5.41) is 9.65. The molecule has 0 spiro atoms. The number of phenolic OH excluding ortho intramolecular Hbond substituents is 1. The molecule has 5 heteroatoms. The van der Waals surface area contributed by atoms with Gasteiger partial charge >= 0.3 is 0 Å². The lowest BCUT2D eigenvalue weighted by molar-refractivity contribution is 0.475. The maximum Gasteiger partial charge on any atom is 0.183 e. The minimum atomic E-state index is 0.184. The number of benzene rings is 1. The second-order valence-corrected chi connectivity index (χ2v) is 4.10. The first-order valence-corrected chi connectivity index (χ1v) is 5.29. The number of nitrogen functional groups attached to an aromatic ring is 2. The van der Waals surface area contributed by atoms with Crippen LogP contribution in [0.4, 0.5) is 10.9 Å². The molecular formula is C11H9N3OS. The minimum absolute atomic E-state index is 0.184. The second kappa shape index (κ2) is 4.13. The number of hydrogen-bond donors (Lipinski definition) is 3. The van der Waals surface area contributed by atoms with Crippen LogP contribution in [0, 0.1) is 11.8 Å². The minimum Gasteiger partial charge on any atom is -0.508 e. The number of phenols is 1. The predicted molar refractivity (Wildman–Crippen MR) is 65.0 cm³/mol. The summed E-state index contributed by atoms with van der Waals surface area (Å²) in [5.41, 5.74) is 11.8. The highest BCUT2D eigenvalue weighted by Gasteiger charge is 2.01. The highest BCUT2D eigenvalue weighted by Crippen LogP contribution is 2.21. The van der Waals surface area contributed by atoms with Gasteiger partial charge in [-0.25, -0.2) is 4.98 Å². The molecule has 0 aliphatic rings. The number of aromatic hydroxyl groups is 1. The zero-order valence-electron chi connectivity index (χ0n) is 8.27. The van der Waals surface area contributed by atoms with E-state index < -0.39 is 0 Å². The summed E-state index contributed by atoms with van der Waals surface area (Å²) in [6.07, 6.45) is 0. The molecule has 0 saturated heterocycles. The van der Waals surface area contributed by atoms with Crippen LogP contribution < -0.4 is 11.5 Å². The van der Waals surface area contributed by atoms with Crippen LogP contribution in [0.15, 0.2) is 24.3 Å². The van der Waals surface area contributed by atoms with Crippen molar-refractivity contribution < 1.29 is 5.11 Å². The van der Waals surface area contributed by atoms with Gasteiger partial charge in [0.15, 0.2) is 10.9 Å². The number of nitrogens with zero attached hydrogens (tertiary/aromatic N) is 1. The Hall–Kier alpha value is -2.19. The predicted octanol–water partition coefficient (Wildman–Crippen LogP) is 1.41. The fourth-order valence-corrected chi connectivity index (χ4v) is 1.76. The van der Waals surface area contributed by atoms with E-state index in [0.717, 1.165) is 0 Å². The fourth-order valence-electron chi connectivity index (χ4n) is 1.15. The molecule has 0 unspecified atom stereocenters. The summed E-state index contributed by atoms with van der Waals surface area (Å²) in [7, 11) is 0. The molecule has 0 atom stereocenters. The van der Waals surface area contributed by atoms with E-state index in [9.17, 15) is 5.11 Å². The number of thiazole rings is 1. The molecule has 1 heterocycles. The first kappa shape index (κ1) is 10.3. The monoisotopic (exact) mass is 231 g/mol. The molecule has 2 rings (SSSR count). The lowest BCUT2D eigenvalue weighted by atomic mass is 10.2. The molecule has 0 aliphatic carbocycles. The van der Waals surface area contributed by atoms with Crippen molar-refractivity contribution in [1.29, 1.82) is 0 Å². The van der Waals surface area contributed by atoms with Crippen molar-refractivity contribution in [2.45, 2.75) is 0 Å². The van der Waals surface area contributed by atoms with Gasteiger partial charge in [-0.2, -0.15) is 0 Å². The van der Waals surface area contributed by atoms with Crippen molar-refractivity contribution in [3.63, 3.8) is 0 Å². The van der Waals surface area contributed by atoms with Crippen molar-refractivity contribution in [3.05, 3.63) is 34.7 Å². The van der Waals surface area contributed by atoms with Crippen LogP contribution in [-0.4, -0.2) is 10.1 Å². The third-order valence-electron chi connectivity index (χ3n) is 1.84. The van der Waals surface area contributed by atoms with Gasteiger partial charge in [-0.15, -0.1) is 0 Å². The number of hydrogen-bond acceptors (Lipinski definition) is 5. The van der Waals surface area contributed by atoms with Crippen LogP contribution in [0.2, 0.25) is 0 Å². The molecule has 4 nitrogen and oxygen atoms in total. The van der Waals surface area contributed by atoms with Crippen LogP contribution in [0.1, 0.15) is 10.4 Å². The van der Waals surface area contributed by atoms with Crippen molar-refractivity contribution in [3.8, 4) is 17.6 Å². The smallest absolute Gasteiger partial charge is 0.183 e. The molecule has 0 fully saturated rings. The summed E-state index contributed by atoms with van der Waals surface area (Å²) in [4.78, 5) is 4.50. The number of rotatable bonds is 0. The zero-order chi connectivity index (χ0) is 11.5. The third-order valence-corrected chi connectivity index (χ3v) is 2.65. The van der Waals surface area contributed by atoms with Gasteiger partial charge in [-0.1, -0.05) is 23.3 Å². The van der Waals surface area contributed by atoms with E-state index in [-0.39, 0.29) is 5.75 Å². The Kier molecular flexibility index (Phi) is 2.66. The molecule has 0 saturated carbocycles. The molecule has 0 aliphatic heterocycles. The van der Waals surface area contributed by atoms with Crippen LogP contribution in [0.25, 0.3) is 0 Å². The maximum atomic E-state index is 9.25. The first-order chi connectivity index (χ1) is 7.65. The Morgan fingerprint density at radius 1 is 1.25 bits per heavy atom. The van der Waals surface area contributed by atoms with Gasteiger partial charge in [0.05, 0.1) is 0 Å². The Balaban J connectivity index is 2.32. The lowest BCUT2D eigenvalue weighted by Crippen LogP contribution is -1.88. The standard InChI is InChI=1S/C11H9N3OS/c12-10-9(16-11(13)14-10)5-4-7-2-1-3-8(15)6-7/h1-3,6,15H,12H2,(H2,13,14). The number of nitrogens with two attached hydrogens (primary N) is 2. The summed E-state index contributed by atoms with van der Waals surface area (Å²) >= 11 is 1.24. The third kappa shape index (κ3) is 2.24. The Bertz CT molecular complexity index is 580. The lowest BCUT2D eigenvalue weighted by Gasteiger charge is -1.91. The van der Waals surface area contributed by atoms with Crippen LogP contribution in [-0.2, 0) is 0 Å². The van der Waals surface area contributed by atoms with E-state index in [4.69, 9.17) is 11.5 Å². The van der Waals surface area contributed by atoms with Crippen LogP contribution >= 0.6 is 11.3 Å². The molecule has 0 radical (unpaired) electrons. The molecule has 80 valence electrons. The SMILES string of the molecule is Nc1nc(N)c(C#Cc2cccc(O)c2)s1. The van der Waals surface area contributed by atoms with E-state index in [1.807, 2.05) is 0 Å². The Morgan fingerprint density at radius 3 is 2.69 bits per heavy atom. The van der Waals surface area contributed by atoms with Crippen molar-refractivity contribution in [2.24, 2.45) is 0 Å². The van der Waals surface area contributed by atoms with Gasteiger partial charge in [0.1, 0.15) is 10.6 Å². The summed E-state index contributed by atoms with van der Waals surface area (Å²) in [6.45, 7) is 0. The van der Waals surface area contributed by atoms with Gasteiger partial charge in [0.2, 0.25) is 0 Å².